The highest BCUT2D eigenvalue weighted by atomic mass is 19.1. The molecule has 1 aliphatic rings. The molecule has 2 amide bonds. The van der Waals surface area contributed by atoms with Crippen molar-refractivity contribution in [2.24, 2.45) is 0 Å². The number of ether oxygens (including phenoxy) is 1. The van der Waals surface area contributed by atoms with Crippen molar-refractivity contribution in [3.8, 4) is 0 Å². The maximum Gasteiger partial charge on any atom is 0.319 e. The molecule has 3 rings (SSSR count). The third kappa shape index (κ3) is 4.80. The first-order chi connectivity index (χ1) is 12.6. The normalized spacial score (nSPS) is 17.3. The van der Waals surface area contributed by atoms with Gasteiger partial charge in [0.15, 0.2) is 0 Å². The number of amides is 2. The van der Waals surface area contributed by atoms with E-state index in [9.17, 15) is 9.18 Å². The van der Waals surface area contributed by atoms with Crippen LogP contribution in [0.4, 0.5) is 14.9 Å². The van der Waals surface area contributed by atoms with Crippen molar-refractivity contribution in [2.75, 3.05) is 31.6 Å². The number of quaternary nitrogens is 1. The number of halogens is 1. The van der Waals surface area contributed by atoms with Gasteiger partial charge in [0.1, 0.15) is 24.9 Å². The Balaban J connectivity index is 1.69. The van der Waals surface area contributed by atoms with E-state index in [1.54, 1.807) is 12.1 Å². The standard InChI is InChI=1S/C20H24FN3O2/c1-15(22-20(25)23-18-9-7-17(21)8-10-18)19(16-5-3-2-4-6-16)24-11-13-26-14-12-24/h2-10,15,19H,11-14H2,1H3,(H2,22,23,25)/p+1/t15-,19+/m1/s1. The van der Waals surface area contributed by atoms with E-state index in [2.05, 4.69) is 22.8 Å². The van der Waals surface area contributed by atoms with Gasteiger partial charge < -0.3 is 20.3 Å². The van der Waals surface area contributed by atoms with Gasteiger partial charge in [0.05, 0.1) is 19.3 Å². The first kappa shape index (κ1) is 18.4. The molecule has 0 aromatic heterocycles. The lowest BCUT2D eigenvalue weighted by molar-refractivity contribution is -0.940. The first-order valence-corrected chi connectivity index (χ1v) is 8.94. The van der Waals surface area contributed by atoms with E-state index >= 15 is 0 Å². The van der Waals surface area contributed by atoms with E-state index in [-0.39, 0.29) is 23.9 Å². The summed E-state index contributed by atoms with van der Waals surface area (Å²) in [7, 11) is 0. The summed E-state index contributed by atoms with van der Waals surface area (Å²) in [4.78, 5) is 13.8. The smallest absolute Gasteiger partial charge is 0.319 e. The number of anilines is 1. The Morgan fingerprint density at radius 3 is 2.38 bits per heavy atom. The number of hydrogen-bond acceptors (Lipinski definition) is 2. The average Bonchev–Trinajstić information content (AvgIpc) is 2.65. The summed E-state index contributed by atoms with van der Waals surface area (Å²) in [6, 6.07) is 15.7. The summed E-state index contributed by atoms with van der Waals surface area (Å²) in [5.41, 5.74) is 1.75. The maximum atomic E-state index is 13.0. The Labute approximate surface area is 153 Å². The van der Waals surface area contributed by atoms with Crippen LogP contribution in [0.5, 0.6) is 0 Å². The Kier molecular flexibility index (Phi) is 6.20. The molecule has 2 atom stereocenters. The number of carbonyl (C=O) groups excluding carboxylic acids is 1. The third-order valence-corrected chi connectivity index (χ3v) is 4.69. The number of carbonyl (C=O) groups is 1. The summed E-state index contributed by atoms with van der Waals surface area (Å²) in [5.74, 6) is -0.329. The molecule has 0 unspecified atom stereocenters. The van der Waals surface area contributed by atoms with Gasteiger partial charge in [0, 0.05) is 11.3 Å². The van der Waals surface area contributed by atoms with Crippen molar-refractivity contribution >= 4 is 11.7 Å². The Bertz CT molecular complexity index is 703. The van der Waals surface area contributed by atoms with Crippen molar-refractivity contribution in [3.63, 3.8) is 0 Å². The summed E-state index contributed by atoms with van der Waals surface area (Å²) >= 11 is 0. The molecular formula is C20H25FN3O2+. The van der Waals surface area contributed by atoms with Crippen LogP contribution in [0.1, 0.15) is 18.5 Å². The third-order valence-electron chi connectivity index (χ3n) is 4.69. The van der Waals surface area contributed by atoms with Crippen LogP contribution < -0.4 is 15.5 Å². The van der Waals surface area contributed by atoms with E-state index in [0.29, 0.717) is 5.69 Å². The second-order valence-corrected chi connectivity index (χ2v) is 6.55. The topological polar surface area (TPSA) is 54.8 Å². The quantitative estimate of drug-likeness (QED) is 0.766. The molecule has 0 saturated carbocycles. The molecule has 5 nitrogen and oxygen atoms in total. The highest BCUT2D eigenvalue weighted by Crippen LogP contribution is 2.15. The molecule has 1 heterocycles. The lowest BCUT2D eigenvalue weighted by atomic mass is 9.98. The largest absolute Gasteiger partial charge is 0.370 e. The van der Waals surface area contributed by atoms with Gasteiger partial charge in [-0.25, -0.2) is 9.18 Å². The number of urea groups is 1. The van der Waals surface area contributed by atoms with Crippen LogP contribution in [-0.2, 0) is 4.74 Å². The summed E-state index contributed by atoms with van der Waals surface area (Å²) < 4.78 is 18.5. The number of hydrogen-bond donors (Lipinski definition) is 3. The second-order valence-electron chi connectivity index (χ2n) is 6.55. The first-order valence-electron chi connectivity index (χ1n) is 8.94. The van der Waals surface area contributed by atoms with Gasteiger partial charge in [0.2, 0.25) is 0 Å². The SMILES string of the molecule is C[C@@H](NC(=O)Nc1ccc(F)cc1)[C@@H](c1ccccc1)[NH+]1CCOCC1. The number of morpholine rings is 1. The number of rotatable bonds is 5. The highest BCUT2D eigenvalue weighted by molar-refractivity contribution is 5.89. The number of benzene rings is 2. The van der Waals surface area contributed by atoms with Crippen molar-refractivity contribution in [1.82, 2.24) is 5.32 Å². The van der Waals surface area contributed by atoms with E-state index in [0.717, 1.165) is 26.3 Å². The van der Waals surface area contributed by atoms with Crippen molar-refractivity contribution in [1.29, 1.82) is 0 Å². The Hall–Kier alpha value is -2.44. The molecule has 26 heavy (non-hydrogen) atoms. The van der Waals surface area contributed by atoms with Crippen LogP contribution in [0.15, 0.2) is 54.6 Å². The van der Waals surface area contributed by atoms with E-state index < -0.39 is 0 Å². The predicted molar refractivity (Wildman–Crippen MR) is 98.7 cm³/mol. The minimum absolute atomic E-state index is 0.0778. The minimum Gasteiger partial charge on any atom is -0.370 e. The fourth-order valence-electron chi connectivity index (χ4n) is 3.47. The maximum absolute atomic E-state index is 13.0. The highest BCUT2D eigenvalue weighted by Gasteiger charge is 2.32. The van der Waals surface area contributed by atoms with Crippen molar-refractivity contribution in [2.45, 2.75) is 19.0 Å². The zero-order chi connectivity index (χ0) is 18.4. The number of nitrogens with one attached hydrogen (secondary N) is 3. The molecule has 138 valence electrons. The molecule has 1 fully saturated rings. The molecule has 2 aromatic carbocycles. The fourth-order valence-corrected chi connectivity index (χ4v) is 3.47. The van der Waals surface area contributed by atoms with E-state index in [1.807, 2.05) is 25.1 Å². The molecule has 3 N–H and O–H groups in total. The molecule has 6 heteroatoms. The van der Waals surface area contributed by atoms with Crippen LogP contribution in [0.25, 0.3) is 0 Å². The van der Waals surface area contributed by atoms with Gasteiger partial charge in [-0.1, -0.05) is 30.3 Å². The summed E-state index contributed by atoms with van der Waals surface area (Å²) in [6.07, 6.45) is 0. The molecular weight excluding hydrogens is 333 g/mol. The molecule has 2 aromatic rings. The predicted octanol–water partition coefficient (Wildman–Crippen LogP) is 1.99. The lowest BCUT2D eigenvalue weighted by Gasteiger charge is -2.35. The van der Waals surface area contributed by atoms with Gasteiger partial charge in [-0.3, -0.25) is 0 Å². The molecule has 0 radical (unpaired) electrons. The summed E-state index contributed by atoms with van der Waals surface area (Å²) in [5, 5.41) is 5.79. The van der Waals surface area contributed by atoms with Crippen LogP contribution in [0.2, 0.25) is 0 Å². The van der Waals surface area contributed by atoms with Crippen molar-refractivity contribution in [3.05, 3.63) is 66.0 Å². The Morgan fingerprint density at radius 2 is 1.73 bits per heavy atom. The molecule has 0 aliphatic carbocycles. The van der Waals surface area contributed by atoms with E-state index in [4.69, 9.17) is 4.74 Å². The van der Waals surface area contributed by atoms with E-state index in [1.165, 1.54) is 22.6 Å². The molecule has 1 aliphatic heterocycles. The van der Waals surface area contributed by atoms with Gasteiger partial charge in [-0.15, -0.1) is 0 Å². The molecule has 1 saturated heterocycles. The van der Waals surface area contributed by atoms with Gasteiger partial charge >= 0.3 is 6.03 Å². The minimum atomic E-state index is -0.329. The van der Waals surface area contributed by atoms with Crippen molar-refractivity contribution < 1.29 is 18.8 Å². The van der Waals surface area contributed by atoms with Crippen LogP contribution in [-0.4, -0.2) is 38.4 Å². The average molecular weight is 358 g/mol. The monoisotopic (exact) mass is 358 g/mol. The van der Waals surface area contributed by atoms with Crippen LogP contribution in [0.3, 0.4) is 0 Å². The van der Waals surface area contributed by atoms with Gasteiger partial charge in [0.25, 0.3) is 0 Å². The fraction of sp³-hybridized carbons (Fsp3) is 0.350. The van der Waals surface area contributed by atoms with Crippen LogP contribution in [0, 0.1) is 5.82 Å². The van der Waals surface area contributed by atoms with Crippen LogP contribution >= 0.6 is 0 Å². The molecule has 0 bridgehead atoms. The van der Waals surface area contributed by atoms with Gasteiger partial charge in [-0.2, -0.15) is 0 Å². The van der Waals surface area contributed by atoms with Gasteiger partial charge in [-0.05, 0) is 31.2 Å². The second kappa shape index (κ2) is 8.78. The Morgan fingerprint density at radius 1 is 1.08 bits per heavy atom. The zero-order valence-corrected chi connectivity index (χ0v) is 14.9. The summed E-state index contributed by atoms with van der Waals surface area (Å²) in [6.45, 7) is 5.29. The lowest BCUT2D eigenvalue weighted by Crippen LogP contribution is -3.15. The molecule has 0 spiro atoms. The zero-order valence-electron chi connectivity index (χ0n) is 14.9.